The van der Waals surface area contributed by atoms with Gasteiger partial charge >= 0.3 is 0 Å². The monoisotopic (exact) mass is 298 g/mol. The number of nitrogen functional groups attached to an aromatic ring is 1. The molecule has 3 N–H and O–H groups in total. The maximum Gasteiger partial charge on any atom is 0.216 e. The summed E-state index contributed by atoms with van der Waals surface area (Å²) in [6, 6.07) is 7.14. The van der Waals surface area contributed by atoms with Crippen LogP contribution in [0.5, 0.6) is 0 Å². The SMILES string of the molecule is CCCCC(CCC)NS(=O)(=O)Cc1ccccc1N. The van der Waals surface area contributed by atoms with Crippen LogP contribution in [0.4, 0.5) is 5.69 Å². The zero-order valence-electron chi connectivity index (χ0n) is 12.4. The highest BCUT2D eigenvalue weighted by Gasteiger charge is 2.18. The van der Waals surface area contributed by atoms with Crippen molar-refractivity contribution < 1.29 is 8.42 Å². The summed E-state index contributed by atoms with van der Waals surface area (Å²) in [6.07, 6.45) is 4.87. The highest BCUT2D eigenvalue weighted by molar-refractivity contribution is 7.88. The summed E-state index contributed by atoms with van der Waals surface area (Å²) in [6.45, 7) is 4.19. The fourth-order valence-corrected chi connectivity index (χ4v) is 3.73. The number of nitrogens with two attached hydrogens (primary N) is 1. The van der Waals surface area contributed by atoms with E-state index in [0.29, 0.717) is 11.3 Å². The summed E-state index contributed by atoms with van der Waals surface area (Å²) in [5.41, 5.74) is 6.99. The van der Waals surface area contributed by atoms with Gasteiger partial charge in [0.25, 0.3) is 0 Å². The maximum atomic E-state index is 12.2. The smallest absolute Gasteiger partial charge is 0.216 e. The number of benzene rings is 1. The zero-order chi connectivity index (χ0) is 15.0. The van der Waals surface area contributed by atoms with Crippen LogP contribution in [0.15, 0.2) is 24.3 Å². The Morgan fingerprint density at radius 3 is 2.45 bits per heavy atom. The molecule has 1 unspecified atom stereocenters. The molecule has 0 saturated heterocycles. The predicted octanol–water partition coefficient (Wildman–Crippen LogP) is 3.05. The van der Waals surface area contributed by atoms with Crippen LogP contribution in [0.1, 0.15) is 51.5 Å². The molecule has 1 aromatic carbocycles. The van der Waals surface area contributed by atoms with Crippen LogP contribution in [-0.4, -0.2) is 14.5 Å². The molecule has 0 saturated carbocycles. The van der Waals surface area contributed by atoms with Crippen molar-refractivity contribution in [1.29, 1.82) is 0 Å². The third-order valence-corrected chi connectivity index (χ3v) is 4.67. The molecule has 0 spiro atoms. The predicted molar refractivity (Wildman–Crippen MR) is 84.8 cm³/mol. The van der Waals surface area contributed by atoms with Crippen LogP contribution in [-0.2, 0) is 15.8 Å². The summed E-state index contributed by atoms with van der Waals surface area (Å²) in [5.74, 6) is -0.0496. The first kappa shape index (κ1) is 17.0. The number of para-hydroxylation sites is 1. The van der Waals surface area contributed by atoms with Crippen LogP contribution in [0.2, 0.25) is 0 Å². The van der Waals surface area contributed by atoms with Crippen LogP contribution < -0.4 is 10.5 Å². The third kappa shape index (κ3) is 5.92. The Morgan fingerprint density at radius 2 is 1.85 bits per heavy atom. The first-order valence-corrected chi connectivity index (χ1v) is 8.97. The maximum absolute atomic E-state index is 12.2. The fraction of sp³-hybridized carbons (Fsp3) is 0.600. The molecule has 0 aliphatic heterocycles. The van der Waals surface area contributed by atoms with Gasteiger partial charge in [-0.05, 0) is 24.5 Å². The van der Waals surface area contributed by atoms with E-state index in [1.165, 1.54) is 0 Å². The Kier molecular flexibility index (Phi) is 7.02. The number of anilines is 1. The van der Waals surface area contributed by atoms with Crippen molar-refractivity contribution in [3.8, 4) is 0 Å². The van der Waals surface area contributed by atoms with E-state index < -0.39 is 10.0 Å². The number of sulfonamides is 1. The average Bonchev–Trinajstić information content (AvgIpc) is 2.38. The Balaban J connectivity index is 2.69. The van der Waals surface area contributed by atoms with Gasteiger partial charge in [-0.3, -0.25) is 0 Å². The van der Waals surface area contributed by atoms with Crippen LogP contribution in [0.3, 0.4) is 0 Å². The highest BCUT2D eigenvalue weighted by atomic mass is 32.2. The number of nitrogens with one attached hydrogen (secondary N) is 1. The molecular weight excluding hydrogens is 272 g/mol. The first-order valence-electron chi connectivity index (χ1n) is 7.32. The topological polar surface area (TPSA) is 72.2 Å². The van der Waals surface area contributed by atoms with E-state index in [1.54, 1.807) is 18.2 Å². The van der Waals surface area contributed by atoms with Crippen molar-refractivity contribution >= 4 is 15.7 Å². The van der Waals surface area contributed by atoms with Gasteiger partial charge in [0.1, 0.15) is 0 Å². The second-order valence-corrected chi connectivity index (χ2v) is 6.96. The van der Waals surface area contributed by atoms with Crippen LogP contribution in [0, 0.1) is 0 Å². The Labute approximate surface area is 122 Å². The van der Waals surface area contributed by atoms with Crippen molar-refractivity contribution in [2.75, 3.05) is 5.73 Å². The molecule has 5 heteroatoms. The van der Waals surface area contributed by atoms with E-state index in [1.807, 2.05) is 6.07 Å². The summed E-state index contributed by atoms with van der Waals surface area (Å²) in [4.78, 5) is 0. The van der Waals surface area contributed by atoms with Crippen molar-refractivity contribution in [2.24, 2.45) is 0 Å². The highest BCUT2D eigenvalue weighted by Crippen LogP contribution is 2.15. The van der Waals surface area contributed by atoms with E-state index in [9.17, 15) is 8.42 Å². The number of hydrogen-bond acceptors (Lipinski definition) is 3. The summed E-state index contributed by atoms with van der Waals surface area (Å²) >= 11 is 0. The lowest BCUT2D eigenvalue weighted by Crippen LogP contribution is -2.35. The molecule has 0 aliphatic rings. The third-order valence-electron chi connectivity index (χ3n) is 3.29. The minimum Gasteiger partial charge on any atom is -0.398 e. The van der Waals surface area contributed by atoms with Crippen molar-refractivity contribution in [1.82, 2.24) is 4.72 Å². The molecule has 0 amide bonds. The molecule has 20 heavy (non-hydrogen) atoms. The molecule has 0 radical (unpaired) electrons. The van der Waals surface area contributed by atoms with Crippen LogP contribution >= 0.6 is 0 Å². The van der Waals surface area contributed by atoms with E-state index in [2.05, 4.69) is 18.6 Å². The average molecular weight is 298 g/mol. The van der Waals surface area contributed by atoms with E-state index >= 15 is 0 Å². The quantitative estimate of drug-likeness (QED) is 0.688. The molecule has 0 bridgehead atoms. The zero-order valence-corrected chi connectivity index (χ0v) is 13.2. The fourth-order valence-electron chi connectivity index (χ4n) is 2.23. The van der Waals surface area contributed by atoms with Gasteiger partial charge < -0.3 is 5.73 Å². The summed E-state index contributed by atoms with van der Waals surface area (Å²) in [7, 11) is -3.34. The largest absolute Gasteiger partial charge is 0.398 e. The number of hydrogen-bond donors (Lipinski definition) is 2. The lowest BCUT2D eigenvalue weighted by atomic mass is 10.1. The molecule has 1 rings (SSSR count). The summed E-state index contributed by atoms with van der Waals surface area (Å²) < 4.78 is 27.3. The van der Waals surface area contributed by atoms with Gasteiger partial charge in [-0.25, -0.2) is 13.1 Å². The molecule has 4 nitrogen and oxygen atoms in total. The van der Waals surface area contributed by atoms with Gasteiger partial charge in [0.2, 0.25) is 10.0 Å². The van der Waals surface area contributed by atoms with Gasteiger partial charge in [0.05, 0.1) is 5.75 Å². The second kappa shape index (κ2) is 8.27. The normalized spacial score (nSPS) is 13.3. The van der Waals surface area contributed by atoms with Crippen LogP contribution in [0.25, 0.3) is 0 Å². The molecule has 0 heterocycles. The molecule has 0 aromatic heterocycles. The molecule has 1 atom stereocenters. The van der Waals surface area contributed by atoms with E-state index in [-0.39, 0.29) is 11.8 Å². The first-order chi connectivity index (χ1) is 9.48. The van der Waals surface area contributed by atoms with Gasteiger partial charge in [-0.15, -0.1) is 0 Å². The van der Waals surface area contributed by atoms with Crippen molar-refractivity contribution in [3.05, 3.63) is 29.8 Å². The lowest BCUT2D eigenvalue weighted by molar-refractivity contribution is 0.483. The van der Waals surface area contributed by atoms with Gasteiger partial charge in [-0.2, -0.15) is 0 Å². The number of rotatable bonds is 9. The van der Waals surface area contributed by atoms with Crippen molar-refractivity contribution in [3.63, 3.8) is 0 Å². The Morgan fingerprint density at radius 1 is 1.15 bits per heavy atom. The number of unbranched alkanes of at least 4 members (excludes halogenated alkanes) is 1. The van der Waals surface area contributed by atoms with Gasteiger partial charge in [0, 0.05) is 11.7 Å². The standard InChI is InChI=1S/C15H26N2O2S/c1-3-5-10-14(8-4-2)17-20(18,19)12-13-9-6-7-11-15(13)16/h6-7,9,11,14,17H,3-5,8,10,12,16H2,1-2H3. The molecule has 1 aromatic rings. The minimum atomic E-state index is -3.34. The second-order valence-electron chi connectivity index (χ2n) is 5.20. The summed E-state index contributed by atoms with van der Waals surface area (Å²) in [5, 5.41) is 0. The van der Waals surface area contributed by atoms with Crippen molar-refractivity contribution in [2.45, 2.75) is 57.7 Å². The molecule has 0 fully saturated rings. The van der Waals surface area contributed by atoms with E-state index in [4.69, 9.17) is 5.73 Å². The lowest BCUT2D eigenvalue weighted by Gasteiger charge is -2.18. The van der Waals surface area contributed by atoms with E-state index in [0.717, 1.165) is 32.1 Å². The molecule has 0 aliphatic carbocycles. The Hall–Kier alpha value is -1.07. The van der Waals surface area contributed by atoms with Gasteiger partial charge in [-0.1, -0.05) is 51.3 Å². The molecular formula is C15H26N2O2S. The molecule has 114 valence electrons. The Bertz CT molecular complexity index is 500. The minimum absolute atomic E-state index is 0.0369. The van der Waals surface area contributed by atoms with Gasteiger partial charge in [0.15, 0.2) is 0 Å².